The SMILES string of the molecule is COc1c(F)cc(F)cc1-c1c[nH]c2ncc(-c3cccc(S(=O)(=O)N(C)C)c3)cc12.COc1c(F)cc(F)cc1-c1c[nH]c2ncc(-c3cccc(S(=O)(=O)N4CCCC4)c3)cc12.COc1c(F)cccc1-c1c[nH]c2ncc(-c3cccc(S(=O)(=O)N(C)C)c3)cc12. The van der Waals surface area contributed by atoms with Crippen LogP contribution in [0.4, 0.5) is 22.0 Å². The van der Waals surface area contributed by atoms with Gasteiger partial charge in [-0.1, -0.05) is 48.5 Å². The van der Waals surface area contributed by atoms with Crippen molar-refractivity contribution in [2.45, 2.75) is 27.5 Å². The number of ether oxygens (including phenoxy) is 3. The molecule has 13 rings (SSSR count). The standard InChI is InChI=1S/C24H21F2N3O3S.C22H19F2N3O3S.C22H20FN3O3S/c1-32-23-19(11-17(25)12-22(23)26)21-14-28-24-20(21)10-16(13-27-24)15-5-4-6-18(9-15)33(30,31)29-7-2-3-8-29;1-27(2)31(28,29)16-6-4-5-13(7-16)14-8-18-19(12-26-22(18)25-11-14)17-9-15(23)10-20(24)21(17)30-3;1-26(2)30(27,28)16-7-4-6-14(10-16)15-11-18-19(13-25-22(18)24-12-15)17-8-5-9-20(23)21(17)29-3/h4-6,9-14H,2-3,7-8H2,1H3,(H,27,28);4-12H,1-3H3,(H,25,26);4-13H,1-3H3,(H,24,25). The van der Waals surface area contributed by atoms with E-state index in [1.807, 2.05) is 18.2 Å². The Morgan fingerprint density at radius 2 is 0.755 bits per heavy atom. The maximum Gasteiger partial charge on any atom is 0.243 e. The minimum absolute atomic E-state index is 0.0681. The van der Waals surface area contributed by atoms with Crippen LogP contribution in [0.25, 0.3) is 99.9 Å². The van der Waals surface area contributed by atoms with Gasteiger partial charge in [0, 0.05) is 157 Å². The Morgan fingerprint density at radius 1 is 0.404 bits per heavy atom. The van der Waals surface area contributed by atoms with E-state index >= 15 is 0 Å². The molecule has 1 saturated heterocycles. The molecule has 0 amide bonds. The van der Waals surface area contributed by atoms with Crippen LogP contribution in [0, 0.1) is 29.1 Å². The van der Waals surface area contributed by atoms with Crippen LogP contribution in [-0.2, 0) is 30.1 Å². The highest BCUT2D eigenvalue weighted by Gasteiger charge is 2.28. The molecule has 0 atom stereocenters. The zero-order chi connectivity index (χ0) is 67.0. The number of hydrogen-bond acceptors (Lipinski definition) is 12. The first-order chi connectivity index (χ1) is 44.9. The fourth-order valence-electron chi connectivity index (χ4n) is 11.0. The largest absolute Gasteiger partial charge is 0.493 e. The van der Waals surface area contributed by atoms with Gasteiger partial charge >= 0.3 is 0 Å². The number of benzene rings is 6. The Morgan fingerprint density at radius 3 is 1.14 bits per heavy atom. The topological polar surface area (TPSA) is 226 Å². The van der Waals surface area contributed by atoms with E-state index in [4.69, 9.17) is 14.2 Å². The molecule has 3 N–H and O–H groups in total. The van der Waals surface area contributed by atoms with Crippen molar-refractivity contribution < 1.29 is 61.4 Å². The first-order valence-electron chi connectivity index (χ1n) is 28.9. The maximum absolute atomic E-state index is 14.3. The van der Waals surface area contributed by atoms with Crippen molar-refractivity contribution in [3.63, 3.8) is 0 Å². The van der Waals surface area contributed by atoms with Gasteiger partial charge in [0.05, 0.1) is 36.0 Å². The summed E-state index contributed by atoms with van der Waals surface area (Å²) < 4.78 is 166. The fourth-order valence-corrected chi connectivity index (χ4v) is 14.5. The maximum atomic E-state index is 14.3. The van der Waals surface area contributed by atoms with E-state index in [0.29, 0.717) is 85.3 Å². The summed E-state index contributed by atoms with van der Waals surface area (Å²) in [6.07, 6.45) is 11.6. The third-order valence-corrected chi connectivity index (χ3v) is 21.3. The number of aromatic amines is 3. The predicted octanol–water partition coefficient (Wildman–Crippen LogP) is 13.7. The minimum Gasteiger partial charge on any atom is -0.493 e. The summed E-state index contributed by atoms with van der Waals surface area (Å²) in [6.45, 7) is 1.05. The molecular weight excluding hydrogens is 1280 g/mol. The number of halogens is 5. The molecule has 0 spiro atoms. The molecule has 484 valence electrons. The molecule has 6 aromatic heterocycles. The molecule has 7 heterocycles. The molecule has 1 fully saturated rings. The first-order valence-corrected chi connectivity index (χ1v) is 33.2. The van der Waals surface area contributed by atoms with Crippen LogP contribution >= 0.6 is 0 Å². The van der Waals surface area contributed by atoms with Gasteiger partial charge in [0.25, 0.3) is 0 Å². The summed E-state index contributed by atoms with van der Waals surface area (Å²) in [5.41, 5.74) is 8.67. The van der Waals surface area contributed by atoms with Gasteiger partial charge in [-0.3, -0.25) is 0 Å². The second-order valence-corrected chi connectivity index (χ2v) is 28.2. The van der Waals surface area contributed by atoms with Gasteiger partial charge in [-0.05, 0) is 102 Å². The van der Waals surface area contributed by atoms with Gasteiger partial charge in [-0.15, -0.1) is 0 Å². The summed E-state index contributed by atoms with van der Waals surface area (Å²) in [4.78, 5) is 23.0. The molecule has 12 aromatic rings. The van der Waals surface area contributed by atoms with E-state index in [-0.39, 0.29) is 43.1 Å². The lowest BCUT2D eigenvalue weighted by molar-refractivity contribution is 0.386. The van der Waals surface area contributed by atoms with E-state index in [1.54, 1.807) is 116 Å². The van der Waals surface area contributed by atoms with Gasteiger partial charge in [0.2, 0.25) is 30.1 Å². The Bertz CT molecular complexity index is 5230. The van der Waals surface area contributed by atoms with E-state index in [9.17, 15) is 47.2 Å². The van der Waals surface area contributed by atoms with E-state index in [2.05, 4.69) is 29.9 Å². The van der Waals surface area contributed by atoms with Crippen molar-refractivity contribution in [3.8, 4) is 84.0 Å². The average Bonchev–Trinajstić information content (AvgIpc) is 1.57. The van der Waals surface area contributed by atoms with Crippen molar-refractivity contribution >= 4 is 63.2 Å². The third-order valence-electron chi connectivity index (χ3n) is 15.8. The van der Waals surface area contributed by atoms with Crippen LogP contribution in [0.15, 0.2) is 185 Å². The summed E-state index contributed by atoms with van der Waals surface area (Å²) in [6, 6.07) is 34.1. The molecule has 6 aromatic carbocycles. The van der Waals surface area contributed by atoms with Crippen molar-refractivity contribution in [1.82, 2.24) is 42.8 Å². The van der Waals surface area contributed by atoms with E-state index < -0.39 is 59.2 Å². The molecule has 0 saturated carbocycles. The number of aromatic nitrogens is 6. The van der Waals surface area contributed by atoms with Gasteiger partial charge in [0.1, 0.15) is 28.6 Å². The van der Waals surface area contributed by atoms with Crippen LogP contribution in [0.1, 0.15) is 12.8 Å². The number of pyridine rings is 3. The molecule has 26 heteroatoms. The van der Waals surface area contributed by atoms with Crippen LogP contribution < -0.4 is 14.2 Å². The van der Waals surface area contributed by atoms with Gasteiger partial charge in [0.15, 0.2) is 34.7 Å². The minimum atomic E-state index is -3.60. The smallest absolute Gasteiger partial charge is 0.243 e. The summed E-state index contributed by atoms with van der Waals surface area (Å²) in [7, 11) is -0.735. The molecule has 18 nitrogen and oxygen atoms in total. The lowest BCUT2D eigenvalue weighted by Crippen LogP contribution is -2.27. The van der Waals surface area contributed by atoms with Crippen LogP contribution in [0.2, 0.25) is 0 Å². The molecule has 0 aliphatic carbocycles. The monoisotopic (exact) mass is 1340 g/mol. The molecule has 1 aliphatic rings. The molecule has 94 heavy (non-hydrogen) atoms. The predicted molar refractivity (Wildman–Crippen MR) is 350 cm³/mol. The van der Waals surface area contributed by atoms with Crippen LogP contribution in [0.5, 0.6) is 17.2 Å². The zero-order valence-corrected chi connectivity index (χ0v) is 53.9. The Kier molecular flexibility index (Phi) is 18.6. The Labute approximate surface area is 538 Å². The first kappa shape index (κ1) is 65.7. The summed E-state index contributed by atoms with van der Waals surface area (Å²) in [5, 5.41) is 2.02. The number of methoxy groups -OCH3 is 3. The van der Waals surface area contributed by atoms with Crippen LogP contribution in [-0.4, -0.2) is 131 Å². The lowest BCUT2D eigenvalue weighted by atomic mass is 10.0. The van der Waals surface area contributed by atoms with E-state index in [1.165, 1.54) is 82.4 Å². The second kappa shape index (κ2) is 26.6. The van der Waals surface area contributed by atoms with Crippen LogP contribution in [0.3, 0.4) is 0 Å². The number of para-hydroxylation sites is 1. The molecular formula is C68H60F5N9O9S3. The highest BCUT2D eigenvalue weighted by Crippen LogP contribution is 2.42. The molecule has 1 aliphatic heterocycles. The number of sulfonamides is 3. The number of nitrogens with zero attached hydrogens (tertiary/aromatic N) is 6. The summed E-state index contributed by atoms with van der Waals surface area (Å²) >= 11 is 0. The van der Waals surface area contributed by atoms with Gasteiger partial charge in [-0.2, -0.15) is 4.31 Å². The number of H-pyrrole nitrogens is 3. The fraction of sp³-hybridized carbons (Fsp3) is 0.162. The Balaban J connectivity index is 0.000000144. The number of hydrogen-bond donors (Lipinski definition) is 3. The van der Waals surface area contributed by atoms with Gasteiger partial charge in [-0.25, -0.2) is 70.8 Å². The lowest BCUT2D eigenvalue weighted by Gasteiger charge is -2.16. The number of rotatable bonds is 15. The zero-order valence-electron chi connectivity index (χ0n) is 51.5. The highest BCUT2D eigenvalue weighted by molar-refractivity contribution is 7.89. The van der Waals surface area contributed by atoms with Crippen molar-refractivity contribution in [2.75, 3.05) is 62.6 Å². The second-order valence-electron chi connectivity index (χ2n) is 22.0. The quantitative estimate of drug-likeness (QED) is 0.0815. The molecule has 0 radical (unpaired) electrons. The number of fused-ring (bicyclic) bond motifs is 3. The number of nitrogens with one attached hydrogen (secondary N) is 3. The molecule has 0 bridgehead atoms. The Hall–Kier alpha value is -9.83. The van der Waals surface area contributed by atoms with Crippen molar-refractivity contribution in [3.05, 3.63) is 200 Å². The van der Waals surface area contributed by atoms with Gasteiger partial charge < -0.3 is 29.2 Å². The highest BCUT2D eigenvalue weighted by atomic mass is 32.2. The average molecular weight is 1340 g/mol. The normalized spacial score (nSPS) is 12.9. The molecule has 0 unspecified atom stereocenters. The third kappa shape index (κ3) is 12.9. The summed E-state index contributed by atoms with van der Waals surface area (Å²) in [5.74, 6) is -3.50. The van der Waals surface area contributed by atoms with E-state index in [0.717, 1.165) is 45.8 Å². The van der Waals surface area contributed by atoms with Crippen molar-refractivity contribution in [1.29, 1.82) is 0 Å². The van der Waals surface area contributed by atoms with Crippen molar-refractivity contribution in [2.24, 2.45) is 0 Å².